The Balaban J connectivity index is 0.000000286. The molecule has 0 saturated carbocycles. The Morgan fingerprint density at radius 3 is 1.35 bits per heavy atom. The molecule has 78 heavy (non-hydrogen) atoms. The fraction of sp³-hybridized carbons (Fsp3) is 0.500. The van der Waals surface area contributed by atoms with Gasteiger partial charge in [-0.2, -0.15) is 26.3 Å². The third-order valence-electron chi connectivity index (χ3n) is 13.0. The third-order valence-corrected chi connectivity index (χ3v) is 16.5. The molecule has 416 valence electrons. The van der Waals surface area contributed by atoms with Crippen LogP contribution in [-0.4, -0.2) is 82.4 Å². The number of pyridine rings is 2. The van der Waals surface area contributed by atoms with Gasteiger partial charge in [-0.25, -0.2) is 14.5 Å². The molecule has 0 radical (unpaired) electrons. The average molecular weight is 1230 g/mol. The van der Waals surface area contributed by atoms with Crippen LogP contribution in [0, 0.1) is 0 Å². The Morgan fingerprint density at radius 2 is 0.987 bits per heavy atom. The molecule has 0 amide bonds. The number of phosphoric acid groups is 2. The second kappa shape index (κ2) is 27.4. The van der Waals surface area contributed by atoms with Crippen molar-refractivity contribution in [1.82, 2.24) is 19.8 Å². The van der Waals surface area contributed by atoms with Crippen LogP contribution in [0.1, 0.15) is 112 Å². The van der Waals surface area contributed by atoms with Gasteiger partial charge in [-0.3, -0.25) is 23.4 Å². The van der Waals surface area contributed by atoms with Crippen LogP contribution in [0.2, 0.25) is 20.1 Å². The molecule has 4 aliphatic rings. The normalized spacial score (nSPS) is 18.1. The number of halogens is 10. The first-order chi connectivity index (χ1) is 35.3. The molecule has 4 aromatic rings. The molecule has 26 heteroatoms. The van der Waals surface area contributed by atoms with Crippen molar-refractivity contribution in [1.29, 1.82) is 0 Å². The standard InChI is InChI=1S/C30H38Cl2F3N2O4P.C22H22Cl2F3N2O4P.2Na/c1-28(2,3)40-42(38,41-29(4,5)6)39-18-26-24-16-19-9-10-20(31)17-23(19)22(24)13-15-37(26)14-7-8-21-11-12-25(32)27(36-21)30(33,34)35;23-14-4-3-13-10-18-16(17(13)11-14)7-9-29(20(18)12-33-34(30,31)32)8-1-2-15-5-6-19(24)21(28-15)22(25,26)27;;/h9-12,17,26H,7-8,13-16,18H2,1-6H3;3-6,11,20H,1-2,7-10,12H2,(H2,30,31,32);;/q;;2*+1/p-2. The molecule has 12 nitrogen and oxygen atoms in total. The van der Waals surface area contributed by atoms with E-state index in [-0.39, 0.29) is 90.5 Å². The summed E-state index contributed by atoms with van der Waals surface area (Å²) in [7, 11) is -9.15. The van der Waals surface area contributed by atoms with E-state index in [1.165, 1.54) is 35.4 Å². The molecule has 2 atom stereocenters. The van der Waals surface area contributed by atoms with Gasteiger partial charge >= 0.3 is 79.3 Å². The second-order valence-electron chi connectivity index (χ2n) is 20.9. The summed E-state index contributed by atoms with van der Waals surface area (Å²) in [4.78, 5) is 34.0. The Bertz CT molecular complexity index is 2940. The zero-order valence-corrected chi connectivity index (χ0v) is 53.4. The van der Waals surface area contributed by atoms with E-state index in [2.05, 4.69) is 19.4 Å². The number of aryl methyl sites for hydroxylation is 2. The molecular formula is C52H58Cl4F6N4Na2O8P2. The van der Waals surface area contributed by atoms with Gasteiger partial charge in [0.05, 0.1) is 54.4 Å². The summed E-state index contributed by atoms with van der Waals surface area (Å²) in [5.41, 5.74) is 5.61. The quantitative estimate of drug-likeness (QED) is 0.0623. The SMILES string of the molecule is CC(C)(C)OP(=O)(OCC1C2=C(CCN1CCCc1ccc(Cl)c(C(F)(F)F)n1)c1cc(Cl)ccc1C2)OC(C)(C)C.O=P([O-])([O-])OCC1C2=C(CCN1CCCc1ccc(Cl)c(C(F)(F)F)n1)c1cc(Cl)ccc1C2.[Na+].[Na+]. The maximum absolute atomic E-state index is 13.9. The van der Waals surface area contributed by atoms with Crippen molar-refractivity contribution in [3.05, 3.63) is 137 Å². The van der Waals surface area contributed by atoms with Crippen molar-refractivity contribution in [2.75, 3.05) is 39.4 Å². The molecule has 0 fully saturated rings. The molecule has 2 aliphatic heterocycles. The number of hydrogen-bond acceptors (Lipinski definition) is 12. The van der Waals surface area contributed by atoms with Crippen LogP contribution in [0.15, 0.2) is 71.8 Å². The van der Waals surface area contributed by atoms with E-state index >= 15 is 0 Å². The molecule has 8 rings (SSSR count). The summed E-state index contributed by atoms with van der Waals surface area (Å²) >= 11 is 23.9. The van der Waals surface area contributed by atoms with Gasteiger partial charge in [-0.1, -0.05) is 58.5 Å². The van der Waals surface area contributed by atoms with Crippen LogP contribution in [-0.2, 0) is 65.3 Å². The van der Waals surface area contributed by atoms with E-state index in [4.69, 9.17) is 60.0 Å². The van der Waals surface area contributed by atoms with Crippen molar-refractivity contribution in [2.45, 2.75) is 129 Å². The molecule has 0 bridgehead atoms. The minimum atomic E-state index is -5.18. The summed E-state index contributed by atoms with van der Waals surface area (Å²) in [6.45, 7) is 12.7. The Labute approximate surface area is 515 Å². The molecule has 2 aliphatic carbocycles. The van der Waals surface area contributed by atoms with E-state index in [9.17, 15) is 45.3 Å². The number of fused-ring (bicyclic) bond motifs is 4. The van der Waals surface area contributed by atoms with Gasteiger partial charge in [0, 0.05) is 34.5 Å². The monoisotopic (exact) mass is 1230 g/mol. The van der Waals surface area contributed by atoms with Crippen molar-refractivity contribution in [2.24, 2.45) is 0 Å². The third kappa shape index (κ3) is 18.5. The molecule has 2 unspecified atom stereocenters. The van der Waals surface area contributed by atoms with Crippen molar-refractivity contribution < 1.29 is 122 Å². The van der Waals surface area contributed by atoms with Crippen LogP contribution in [0.5, 0.6) is 0 Å². The fourth-order valence-electron chi connectivity index (χ4n) is 10.0. The van der Waals surface area contributed by atoms with Gasteiger partial charge in [0.2, 0.25) is 0 Å². The summed E-state index contributed by atoms with van der Waals surface area (Å²) in [5.74, 6) is 0. The zero-order valence-electron chi connectivity index (χ0n) is 44.6. The Hall–Kier alpha value is -0.900. The first-order valence-corrected chi connectivity index (χ1v) is 29.0. The molecule has 0 N–H and O–H groups in total. The summed E-state index contributed by atoms with van der Waals surface area (Å²) < 4.78 is 127. The number of benzene rings is 2. The summed E-state index contributed by atoms with van der Waals surface area (Å²) in [6.07, 6.45) is -4.87. The first-order valence-electron chi connectivity index (χ1n) is 24.5. The smallest absolute Gasteiger partial charge is 0.790 e. The molecular weight excluding hydrogens is 1170 g/mol. The number of phosphoric ester groups is 2. The topological polar surface area (TPSA) is 149 Å². The average Bonchev–Trinajstić information content (AvgIpc) is 3.86. The van der Waals surface area contributed by atoms with Crippen LogP contribution in [0.25, 0.3) is 11.1 Å². The van der Waals surface area contributed by atoms with Gasteiger partial charge < -0.3 is 18.9 Å². The minimum Gasteiger partial charge on any atom is -0.790 e. The molecule has 2 aromatic carbocycles. The van der Waals surface area contributed by atoms with Gasteiger partial charge in [-0.15, -0.1) is 0 Å². The van der Waals surface area contributed by atoms with Crippen LogP contribution in [0.3, 0.4) is 0 Å². The molecule has 0 saturated heterocycles. The van der Waals surface area contributed by atoms with E-state index in [1.54, 1.807) is 47.6 Å². The maximum atomic E-state index is 13.9. The van der Waals surface area contributed by atoms with Gasteiger partial charge in [-0.05, 0) is 199 Å². The number of nitrogens with zero attached hydrogens (tertiary/aromatic N) is 4. The van der Waals surface area contributed by atoms with Crippen molar-refractivity contribution in [3.63, 3.8) is 0 Å². The number of rotatable bonds is 16. The van der Waals surface area contributed by atoms with E-state index in [0.717, 1.165) is 39.8 Å². The van der Waals surface area contributed by atoms with Gasteiger partial charge in [0.15, 0.2) is 11.4 Å². The zero-order chi connectivity index (χ0) is 55.8. The van der Waals surface area contributed by atoms with Gasteiger partial charge in [0.25, 0.3) is 0 Å². The van der Waals surface area contributed by atoms with Crippen molar-refractivity contribution >= 4 is 73.2 Å². The van der Waals surface area contributed by atoms with Crippen LogP contribution < -0.4 is 68.9 Å². The maximum Gasteiger partial charge on any atom is 1.00 e. The number of hydrogen-bond donors (Lipinski definition) is 0. The molecule has 0 spiro atoms. The Morgan fingerprint density at radius 1 is 0.603 bits per heavy atom. The van der Waals surface area contributed by atoms with Crippen LogP contribution in [0.4, 0.5) is 26.3 Å². The summed E-state index contributed by atoms with van der Waals surface area (Å²) in [5, 5.41) is 0.386. The minimum absolute atomic E-state index is 0. The molecule has 2 aromatic heterocycles. The fourth-order valence-corrected chi connectivity index (χ4v) is 12.9. The van der Waals surface area contributed by atoms with Gasteiger partial charge in [0.1, 0.15) is 0 Å². The first kappa shape index (κ1) is 67.9. The second-order valence-corrected chi connectivity index (χ2v) is 25.3. The van der Waals surface area contributed by atoms with E-state index < -0.39 is 66.7 Å². The van der Waals surface area contributed by atoms with E-state index in [0.29, 0.717) is 80.4 Å². The number of aromatic nitrogens is 2. The Kier molecular flexibility index (Phi) is 23.9. The summed E-state index contributed by atoms with van der Waals surface area (Å²) in [6, 6.07) is 16.2. The van der Waals surface area contributed by atoms with E-state index in [1.807, 2.05) is 35.2 Å². The van der Waals surface area contributed by atoms with Crippen LogP contribution >= 0.6 is 62.0 Å². The predicted molar refractivity (Wildman–Crippen MR) is 278 cm³/mol. The largest absolute Gasteiger partial charge is 1.00 e. The van der Waals surface area contributed by atoms with Crippen molar-refractivity contribution in [3.8, 4) is 0 Å². The number of alkyl halides is 6. The predicted octanol–water partition coefficient (Wildman–Crippen LogP) is 7.46. The molecule has 4 heterocycles.